The molecule has 2 aromatic carbocycles. The Morgan fingerprint density at radius 3 is 2.91 bits per heavy atom. The number of hydrogen-bond donors (Lipinski definition) is 1. The third-order valence-electron chi connectivity index (χ3n) is 4.32. The predicted molar refractivity (Wildman–Crippen MR) is 90.0 cm³/mol. The lowest BCUT2D eigenvalue weighted by Crippen LogP contribution is -2.17. The molecule has 0 bridgehead atoms. The van der Waals surface area contributed by atoms with Crippen LogP contribution in [0.3, 0.4) is 0 Å². The summed E-state index contributed by atoms with van der Waals surface area (Å²) in [5.41, 5.74) is 4.20. The van der Waals surface area contributed by atoms with E-state index in [9.17, 15) is 10.1 Å². The molecule has 5 heteroatoms. The van der Waals surface area contributed by atoms with Crippen molar-refractivity contribution in [1.29, 1.82) is 0 Å². The third-order valence-corrected chi connectivity index (χ3v) is 4.32. The monoisotopic (exact) mass is 312 g/mol. The molecule has 1 atom stereocenters. The van der Waals surface area contributed by atoms with Gasteiger partial charge in [-0.25, -0.2) is 0 Å². The number of nitrogens with one attached hydrogen (secondary N) is 1. The number of ether oxygens (including phenoxy) is 1. The first-order chi connectivity index (χ1) is 11.2. The maximum atomic E-state index is 11.2. The molecule has 0 spiro atoms. The molecule has 1 aliphatic heterocycles. The van der Waals surface area contributed by atoms with Crippen LogP contribution in [-0.4, -0.2) is 25.1 Å². The van der Waals surface area contributed by atoms with Crippen LogP contribution >= 0.6 is 0 Å². The van der Waals surface area contributed by atoms with Gasteiger partial charge in [-0.3, -0.25) is 10.1 Å². The molecule has 0 amide bonds. The van der Waals surface area contributed by atoms with E-state index < -0.39 is 0 Å². The van der Waals surface area contributed by atoms with Crippen molar-refractivity contribution in [3.8, 4) is 5.75 Å². The standard InChI is InChI=1S/C18H20N2O3/c1-23-18-7-3-2-6-15(18)16(12-20(21)22)13-8-9-17-14(11-13)5-4-10-19-17/h2-3,6-9,11,16,19H,4-5,10,12H2,1H3/t16-/m1/s1. The van der Waals surface area contributed by atoms with Crippen LogP contribution in [0.1, 0.15) is 29.0 Å². The number of nitro groups is 1. The number of anilines is 1. The van der Waals surface area contributed by atoms with Gasteiger partial charge in [0.2, 0.25) is 6.54 Å². The molecule has 120 valence electrons. The highest BCUT2D eigenvalue weighted by molar-refractivity contribution is 5.56. The summed E-state index contributed by atoms with van der Waals surface area (Å²) in [5, 5.41) is 14.6. The van der Waals surface area contributed by atoms with Crippen LogP contribution in [0.4, 0.5) is 5.69 Å². The third kappa shape index (κ3) is 3.28. The van der Waals surface area contributed by atoms with Crippen molar-refractivity contribution in [1.82, 2.24) is 0 Å². The van der Waals surface area contributed by atoms with E-state index in [-0.39, 0.29) is 17.4 Å². The molecule has 0 fully saturated rings. The summed E-state index contributed by atoms with van der Waals surface area (Å²) in [4.78, 5) is 10.9. The first kappa shape index (κ1) is 15.3. The van der Waals surface area contributed by atoms with E-state index in [1.165, 1.54) is 5.56 Å². The SMILES string of the molecule is COc1ccccc1[C@H](C[N+](=O)[O-])c1ccc2c(c1)CCCN2. The Morgan fingerprint density at radius 1 is 1.30 bits per heavy atom. The number of nitrogens with zero attached hydrogens (tertiary/aromatic N) is 1. The molecule has 0 saturated heterocycles. The maximum absolute atomic E-state index is 11.2. The van der Waals surface area contributed by atoms with E-state index in [0.717, 1.165) is 36.2 Å². The van der Waals surface area contributed by atoms with E-state index in [1.807, 2.05) is 36.4 Å². The number of fused-ring (bicyclic) bond motifs is 1. The summed E-state index contributed by atoms with van der Waals surface area (Å²) in [6.45, 7) is 0.837. The van der Waals surface area contributed by atoms with Crippen LogP contribution in [0.5, 0.6) is 5.75 Å². The molecule has 2 aromatic rings. The zero-order chi connectivity index (χ0) is 16.2. The minimum Gasteiger partial charge on any atom is -0.496 e. The molecule has 0 aromatic heterocycles. The highest BCUT2D eigenvalue weighted by atomic mass is 16.6. The van der Waals surface area contributed by atoms with Crippen LogP contribution in [0.15, 0.2) is 42.5 Å². The molecule has 1 N–H and O–H groups in total. The first-order valence-electron chi connectivity index (χ1n) is 7.80. The molecular weight excluding hydrogens is 292 g/mol. The maximum Gasteiger partial charge on any atom is 0.214 e. The summed E-state index contributed by atoms with van der Waals surface area (Å²) in [6.07, 6.45) is 2.10. The molecule has 1 heterocycles. The second-order valence-electron chi connectivity index (χ2n) is 5.76. The van der Waals surface area contributed by atoms with E-state index in [4.69, 9.17) is 4.74 Å². The first-order valence-corrected chi connectivity index (χ1v) is 7.80. The van der Waals surface area contributed by atoms with E-state index in [0.29, 0.717) is 5.75 Å². The van der Waals surface area contributed by atoms with Gasteiger partial charge in [0.05, 0.1) is 13.0 Å². The van der Waals surface area contributed by atoms with Gasteiger partial charge in [-0.2, -0.15) is 0 Å². The molecule has 5 nitrogen and oxygen atoms in total. The Labute approximate surface area is 135 Å². The molecule has 0 saturated carbocycles. The van der Waals surface area contributed by atoms with E-state index in [2.05, 4.69) is 11.4 Å². The Hall–Kier alpha value is -2.56. The fourth-order valence-electron chi connectivity index (χ4n) is 3.20. The summed E-state index contributed by atoms with van der Waals surface area (Å²) in [6, 6.07) is 13.6. The topological polar surface area (TPSA) is 64.4 Å². The van der Waals surface area contributed by atoms with Crippen molar-refractivity contribution in [3.63, 3.8) is 0 Å². The molecule has 3 rings (SSSR count). The Morgan fingerprint density at radius 2 is 2.13 bits per heavy atom. The number of rotatable bonds is 5. The number of aryl methyl sites for hydroxylation is 1. The Kier molecular flexibility index (Phi) is 4.46. The Balaban J connectivity index is 2.04. The van der Waals surface area contributed by atoms with Crippen LogP contribution in [0.25, 0.3) is 0 Å². The van der Waals surface area contributed by atoms with Crippen molar-refractivity contribution in [2.75, 3.05) is 25.5 Å². The second-order valence-corrected chi connectivity index (χ2v) is 5.76. The van der Waals surface area contributed by atoms with Gasteiger partial charge in [0.15, 0.2) is 0 Å². The minimum atomic E-state index is -0.312. The largest absolute Gasteiger partial charge is 0.496 e. The van der Waals surface area contributed by atoms with Crippen molar-refractivity contribution in [3.05, 3.63) is 69.3 Å². The molecule has 0 aliphatic carbocycles. The average molecular weight is 312 g/mol. The van der Waals surface area contributed by atoms with Gasteiger partial charge in [0.1, 0.15) is 5.75 Å². The van der Waals surface area contributed by atoms with Crippen LogP contribution in [0, 0.1) is 10.1 Å². The van der Waals surface area contributed by atoms with Crippen molar-refractivity contribution in [2.24, 2.45) is 0 Å². The minimum absolute atomic E-state index is 0.146. The van der Waals surface area contributed by atoms with Crippen molar-refractivity contribution in [2.45, 2.75) is 18.8 Å². The van der Waals surface area contributed by atoms with Gasteiger partial charge in [-0.05, 0) is 36.1 Å². The van der Waals surface area contributed by atoms with E-state index >= 15 is 0 Å². The van der Waals surface area contributed by atoms with Crippen LogP contribution in [-0.2, 0) is 6.42 Å². The summed E-state index contributed by atoms with van der Waals surface area (Å²) >= 11 is 0. The zero-order valence-electron chi connectivity index (χ0n) is 13.1. The van der Waals surface area contributed by atoms with Gasteiger partial charge < -0.3 is 10.1 Å². The molecular formula is C18H20N2O3. The fourth-order valence-corrected chi connectivity index (χ4v) is 3.20. The lowest BCUT2D eigenvalue weighted by Gasteiger charge is -2.22. The van der Waals surface area contributed by atoms with Gasteiger partial charge in [0, 0.05) is 22.7 Å². The van der Waals surface area contributed by atoms with Gasteiger partial charge in [-0.1, -0.05) is 30.3 Å². The number of hydrogen-bond acceptors (Lipinski definition) is 4. The number of benzene rings is 2. The molecule has 0 radical (unpaired) electrons. The predicted octanol–water partition coefficient (Wildman–Crippen LogP) is 3.46. The van der Waals surface area contributed by atoms with Crippen LogP contribution < -0.4 is 10.1 Å². The quantitative estimate of drug-likeness (QED) is 0.678. The van der Waals surface area contributed by atoms with E-state index in [1.54, 1.807) is 7.11 Å². The molecule has 23 heavy (non-hydrogen) atoms. The zero-order valence-corrected chi connectivity index (χ0v) is 13.1. The van der Waals surface area contributed by atoms with Gasteiger partial charge >= 0.3 is 0 Å². The van der Waals surface area contributed by atoms with Gasteiger partial charge in [0.25, 0.3) is 0 Å². The fraction of sp³-hybridized carbons (Fsp3) is 0.333. The average Bonchev–Trinajstić information content (AvgIpc) is 2.59. The molecule has 0 unspecified atom stereocenters. The number of para-hydroxylation sites is 1. The summed E-state index contributed by atoms with van der Waals surface area (Å²) in [7, 11) is 1.60. The summed E-state index contributed by atoms with van der Waals surface area (Å²) < 4.78 is 5.41. The highest BCUT2D eigenvalue weighted by Gasteiger charge is 2.24. The molecule has 1 aliphatic rings. The van der Waals surface area contributed by atoms with Crippen molar-refractivity contribution < 1.29 is 9.66 Å². The van der Waals surface area contributed by atoms with Crippen molar-refractivity contribution >= 4 is 5.69 Å². The normalized spacial score (nSPS) is 14.5. The van der Waals surface area contributed by atoms with Crippen LogP contribution in [0.2, 0.25) is 0 Å². The number of methoxy groups -OCH3 is 1. The smallest absolute Gasteiger partial charge is 0.214 e. The van der Waals surface area contributed by atoms with Gasteiger partial charge in [-0.15, -0.1) is 0 Å². The lowest BCUT2D eigenvalue weighted by atomic mass is 9.88. The Bertz CT molecular complexity index is 715. The summed E-state index contributed by atoms with van der Waals surface area (Å²) in [5.74, 6) is 0.378. The highest BCUT2D eigenvalue weighted by Crippen LogP contribution is 2.34. The second kappa shape index (κ2) is 6.69. The lowest BCUT2D eigenvalue weighted by molar-refractivity contribution is -0.481.